The lowest BCUT2D eigenvalue weighted by Crippen LogP contribution is -2.14. The molecule has 0 aliphatic rings. The summed E-state index contributed by atoms with van der Waals surface area (Å²) in [5.74, 6) is 0. The number of halogens is 1. The van der Waals surface area contributed by atoms with Gasteiger partial charge in [0.25, 0.3) is 0 Å². The van der Waals surface area contributed by atoms with Crippen LogP contribution in [0.4, 0.5) is 0 Å². The highest BCUT2D eigenvalue weighted by Gasteiger charge is 2.12. The second kappa shape index (κ2) is 5.30. The van der Waals surface area contributed by atoms with Crippen molar-refractivity contribution in [3.8, 4) is 0 Å². The average molecular weight is 247 g/mol. The number of rotatable bonds is 3. The maximum Gasteiger partial charge on any atom is 0.0555 e. The second-order valence-electron chi connectivity index (χ2n) is 3.96. The van der Waals surface area contributed by atoms with Crippen molar-refractivity contribution in [1.29, 1.82) is 0 Å². The van der Waals surface area contributed by atoms with Crippen molar-refractivity contribution in [1.82, 2.24) is 4.98 Å². The zero-order chi connectivity index (χ0) is 12.3. The third-order valence-corrected chi connectivity index (χ3v) is 3.14. The van der Waals surface area contributed by atoms with Crippen molar-refractivity contribution in [2.24, 2.45) is 5.73 Å². The molecule has 2 N–H and O–H groups in total. The lowest BCUT2D eigenvalue weighted by atomic mass is 9.96. The van der Waals surface area contributed by atoms with Crippen LogP contribution in [0.1, 0.15) is 29.7 Å². The maximum absolute atomic E-state index is 6.27. The van der Waals surface area contributed by atoms with Crippen LogP contribution in [0.2, 0.25) is 5.02 Å². The van der Waals surface area contributed by atoms with Gasteiger partial charge < -0.3 is 5.73 Å². The molecular formula is C14H15ClN2. The summed E-state index contributed by atoms with van der Waals surface area (Å²) in [6.45, 7) is 2.11. The first-order valence-electron chi connectivity index (χ1n) is 5.66. The molecule has 88 valence electrons. The zero-order valence-corrected chi connectivity index (χ0v) is 10.5. The van der Waals surface area contributed by atoms with Crippen molar-refractivity contribution in [2.75, 3.05) is 0 Å². The number of pyridine rings is 1. The van der Waals surface area contributed by atoms with Crippen molar-refractivity contribution < 1.29 is 0 Å². The highest BCUT2D eigenvalue weighted by molar-refractivity contribution is 6.30. The molecule has 3 heteroatoms. The summed E-state index contributed by atoms with van der Waals surface area (Å²) in [7, 11) is 0. The third kappa shape index (κ3) is 2.65. The van der Waals surface area contributed by atoms with Gasteiger partial charge in [-0.3, -0.25) is 4.98 Å². The molecule has 1 unspecified atom stereocenters. The van der Waals surface area contributed by atoms with Crippen LogP contribution < -0.4 is 5.73 Å². The van der Waals surface area contributed by atoms with Gasteiger partial charge in [-0.15, -0.1) is 0 Å². The minimum absolute atomic E-state index is 0.120. The summed E-state index contributed by atoms with van der Waals surface area (Å²) >= 11 is 5.87. The van der Waals surface area contributed by atoms with Gasteiger partial charge in [0.1, 0.15) is 0 Å². The van der Waals surface area contributed by atoms with E-state index in [1.165, 1.54) is 5.56 Å². The number of hydrogen-bond acceptors (Lipinski definition) is 2. The Hall–Kier alpha value is -1.38. The highest BCUT2D eigenvalue weighted by atomic mass is 35.5. The van der Waals surface area contributed by atoms with Crippen LogP contribution in [-0.2, 0) is 6.42 Å². The molecule has 1 heterocycles. The molecule has 0 bridgehead atoms. The van der Waals surface area contributed by atoms with Gasteiger partial charge in [0, 0.05) is 17.4 Å². The largest absolute Gasteiger partial charge is 0.320 e. The SMILES string of the molecule is CCc1cnccc1C(N)c1ccc(Cl)cc1. The fraction of sp³-hybridized carbons (Fsp3) is 0.214. The van der Waals surface area contributed by atoms with Crippen molar-refractivity contribution in [3.05, 3.63) is 64.4 Å². The normalized spacial score (nSPS) is 12.4. The smallest absolute Gasteiger partial charge is 0.0555 e. The molecule has 1 atom stereocenters. The summed E-state index contributed by atoms with van der Waals surface area (Å²) in [6.07, 6.45) is 4.60. The third-order valence-electron chi connectivity index (χ3n) is 2.89. The molecule has 1 aromatic carbocycles. The van der Waals surface area contributed by atoms with E-state index in [9.17, 15) is 0 Å². The fourth-order valence-electron chi connectivity index (χ4n) is 1.89. The quantitative estimate of drug-likeness (QED) is 0.902. The molecule has 0 saturated carbocycles. The molecule has 0 saturated heterocycles. The Labute approximate surface area is 106 Å². The Morgan fingerprint density at radius 3 is 2.59 bits per heavy atom. The molecule has 0 spiro atoms. The van der Waals surface area contributed by atoms with Gasteiger partial charge in [-0.1, -0.05) is 30.7 Å². The summed E-state index contributed by atoms with van der Waals surface area (Å²) in [5.41, 5.74) is 9.66. The predicted molar refractivity (Wildman–Crippen MR) is 71.1 cm³/mol. The topological polar surface area (TPSA) is 38.9 Å². The standard InChI is InChI=1S/C14H15ClN2/c1-2-10-9-17-8-7-13(10)14(16)11-3-5-12(15)6-4-11/h3-9,14H,2,16H2,1H3. The van der Waals surface area contributed by atoms with Gasteiger partial charge in [0.2, 0.25) is 0 Å². The minimum atomic E-state index is -0.120. The van der Waals surface area contributed by atoms with E-state index in [2.05, 4.69) is 11.9 Å². The lowest BCUT2D eigenvalue weighted by Gasteiger charge is -2.15. The summed E-state index contributed by atoms with van der Waals surface area (Å²) < 4.78 is 0. The molecule has 0 fully saturated rings. The molecule has 2 rings (SSSR count). The molecule has 0 aliphatic carbocycles. The van der Waals surface area contributed by atoms with E-state index in [0.29, 0.717) is 0 Å². The minimum Gasteiger partial charge on any atom is -0.320 e. The Bertz CT molecular complexity index is 494. The van der Waals surface area contributed by atoms with E-state index in [-0.39, 0.29) is 6.04 Å². The number of benzene rings is 1. The van der Waals surface area contributed by atoms with Crippen LogP contribution in [0.3, 0.4) is 0 Å². The molecule has 2 aromatic rings. The first-order valence-corrected chi connectivity index (χ1v) is 6.04. The number of hydrogen-bond donors (Lipinski definition) is 1. The highest BCUT2D eigenvalue weighted by Crippen LogP contribution is 2.23. The summed E-state index contributed by atoms with van der Waals surface area (Å²) in [5, 5.41) is 0.728. The van der Waals surface area contributed by atoms with E-state index < -0.39 is 0 Å². The molecule has 2 nitrogen and oxygen atoms in total. The monoisotopic (exact) mass is 246 g/mol. The Morgan fingerprint density at radius 1 is 1.24 bits per heavy atom. The summed E-state index contributed by atoms with van der Waals surface area (Å²) in [6, 6.07) is 9.52. The van der Waals surface area contributed by atoms with Crippen LogP contribution in [0, 0.1) is 0 Å². The first-order chi connectivity index (χ1) is 8.22. The fourth-order valence-corrected chi connectivity index (χ4v) is 2.01. The van der Waals surface area contributed by atoms with Crippen molar-refractivity contribution in [3.63, 3.8) is 0 Å². The number of aromatic nitrogens is 1. The zero-order valence-electron chi connectivity index (χ0n) is 9.73. The molecular weight excluding hydrogens is 232 g/mol. The number of nitrogens with two attached hydrogens (primary N) is 1. The van der Waals surface area contributed by atoms with Gasteiger partial charge in [0.05, 0.1) is 6.04 Å². The van der Waals surface area contributed by atoms with Gasteiger partial charge in [-0.2, -0.15) is 0 Å². The number of aryl methyl sites for hydroxylation is 1. The van der Waals surface area contributed by atoms with Gasteiger partial charge in [-0.25, -0.2) is 0 Å². The van der Waals surface area contributed by atoms with E-state index in [0.717, 1.165) is 22.6 Å². The van der Waals surface area contributed by atoms with Crippen LogP contribution >= 0.6 is 11.6 Å². The maximum atomic E-state index is 6.27. The first kappa shape index (κ1) is 12.1. The van der Waals surface area contributed by atoms with Crippen molar-refractivity contribution >= 4 is 11.6 Å². The molecule has 1 aromatic heterocycles. The Balaban J connectivity index is 2.36. The Kier molecular flexibility index (Phi) is 3.77. The van der Waals surface area contributed by atoms with Crippen LogP contribution in [0.15, 0.2) is 42.7 Å². The molecule has 0 radical (unpaired) electrons. The average Bonchev–Trinajstić information content (AvgIpc) is 2.39. The molecule has 0 amide bonds. The van der Waals surface area contributed by atoms with E-state index >= 15 is 0 Å². The van der Waals surface area contributed by atoms with E-state index in [1.54, 1.807) is 6.20 Å². The number of nitrogens with zero attached hydrogens (tertiary/aromatic N) is 1. The van der Waals surface area contributed by atoms with Crippen LogP contribution in [0.25, 0.3) is 0 Å². The van der Waals surface area contributed by atoms with E-state index in [1.807, 2.05) is 36.5 Å². The van der Waals surface area contributed by atoms with Crippen LogP contribution in [-0.4, -0.2) is 4.98 Å². The van der Waals surface area contributed by atoms with Crippen molar-refractivity contribution in [2.45, 2.75) is 19.4 Å². The van der Waals surface area contributed by atoms with Gasteiger partial charge >= 0.3 is 0 Å². The molecule has 0 aliphatic heterocycles. The Morgan fingerprint density at radius 2 is 1.94 bits per heavy atom. The predicted octanol–water partition coefficient (Wildman–Crippen LogP) is 3.35. The molecule has 17 heavy (non-hydrogen) atoms. The van der Waals surface area contributed by atoms with Gasteiger partial charge in [0.15, 0.2) is 0 Å². The van der Waals surface area contributed by atoms with E-state index in [4.69, 9.17) is 17.3 Å². The van der Waals surface area contributed by atoms with Crippen LogP contribution in [0.5, 0.6) is 0 Å². The lowest BCUT2D eigenvalue weighted by molar-refractivity contribution is 0.843. The summed E-state index contributed by atoms with van der Waals surface area (Å²) in [4.78, 5) is 4.13. The van der Waals surface area contributed by atoms with Gasteiger partial charge in [-0.05, 0) is 41.3 Å². The second-order valence-corrected chi connectivity index (χ2v) is 4.39.